The molecule has 3 rings (SSSR count). The lowest BCUT2D eigenvalue weighted by Gasteiger charge is -2.36. The van der Waals surface area contributed by atoms with Crippen LogP contribution in [0.2, 0.25) is 0 Å². The normalized spacial score (nSPS) is 20.8. The summed E-state index contributed by atoms with van der Waals surface area (Å²) in [7, 11) is 1.73. The van der Waals surface area contributed by atoms with Crippen LogP contribution in [0.15, 0.2) is 54.6 Å². The molecule has 1 saturated carbocycles. The molecule has 0 unspecified atom stereocenters. The molecule has 1 N–H and O–H groups in total. The van der Waals surface area contributed by atoms with E-state index in [1.807, 2.05) is 6.07 Å². The third-order valence-corrected chi connectivity index (χ3v) is 4.39. The highest BCUT2D eigenvalue weighted by atomic mass is 16.5. The lowest BCUT2D eigenvalue weighted by atomic mass is 9.76. The largest absolute Gasteiger partial charge is 0.497 e. The van der Waals surface area contributed by atoms with Gasteiger partial charge in [0.2, 0.25) is 0 Å². The zero-order chi connectivity index (χ0) is 14.5. The third-order valence-electron chi connectivity index (χ3n) is 4.39. The Kier molecular flexibility index (Phi) is 4.56. The SMILES string of the molecule is COc1cccc(C2CC(NCCc3ccccc3)C2)c1. The fourth-order valence-corrected chi connectivity index (χ4v) is 3.02. The van der Waals surface area contributed by atoms with Crippen LogP contribution in [-0.4, -0.2) is 19.7 Å². The molecule has 2 nitrogen and oxygen atoms in total. The minimum absolute atomic E-state index is 0.671. The van der Waals surface area contributed by atoms with Gasteiger partial charge in [-0.1, -0.05) is 42.5 Å². The van der Waals surface area contributed by atoms with Crippen molar-refractivity contribution in [2.24, 2.45) is 0 Å². The molecule has 0 aliphatic heterocycles. The van der Waals surface area contributed by atoms with Crippen LogP contribution in [0.5, 0.6) is 5.75 Å². The zero-order valence-electron chi connectivity index (χ0n) is 12.6. The van der Waals surface area contributed by atoms with Crippen molar-refractivity contribution in [3.63, 3.8) is 0 Å². The standard InChI is InChI=1S/C19H23NO/c1-21-19-9-5-8-16(14-19)17-12-18(13-17)20-11-10-15-6-3-2-4-7-15/h2-9,14,17-18,20H,10-13H2,1H3. The molecule has 1 aliphatic rings. The summed E-state index contributed by atoms with van der Waals surface area (Å²) in [5.74, 6) is 1.65. The van der Waals surface area contributed by atoms with Crippen LogP contribution < -0.4 is 10.1 Å². The summed E-state index contributed by atoms with van der Waals surface area (Å²) in [4.78, 5) is 0. The first-order chi connectivity index (χ1) is 10.3. The maximum atomic E-state index is 5.30. The minimum Gasteiger partial charge on any atom is -0.497 e. The van der Waals surface area contributed by atoms with E-state index in [9.17, 15) is 0 Å². The Morgan fingerprint density at radius 3 is 2.62 bits per heavy atom. The van der Waals surface area contributed by atoms with Gasteiger partial charge in [0.25, 0.3) is 0 Å². The van der Waals surface area contributed by atoms with Gasteiger partial charge in [-0.2, -0.15) is 0 Å². The predicted octanol–water partition coefficient (Wildman–Crippen LogP) is 3.77. The fourth-order valence-electron chi connectivity index (χ4n) is 3.02. The van der Waals surface area contributed by atoms with Crippen LogP contribution in [0, 0.1) is 0 Å². The summed E-state index contributed by atoms with van der Waals surface area (Å²) in [6, 6.07) is 19.8. The number of hydrogen-bond acceptors (Lipinski definition) is 2. The topological polar surface area (TPSA) is 21.3 Å². The number of hydrogen-bond donors (Lipinski definition) is 1. The van der Waals surface area contributed by atoms with E-state index in [-0.39, 0.29) is 0 Å². The number of methoxy groups -OCH3 is 1. The average molecular weight is 281 g/mol. The number of nitrogens with one attached hydrogen (secondary N) is 1. The van der Waals surface area contributed by atoms with Crippen LogP contribution >= 0.6 is 0 Å². The Labute approximate surface area is 127 Å². The van der Waals surface area contributed by atoms with Gasteiger partial charge in [0.15, 0.2) is 0 Å². The molecule has 0 spiro atoms. The fraction of sp³-hybridized carbons (Fsp3) is 0.368. The maximum Gasteiger partial charge on any atom is 0.119 e. The molecule has 0 bridgehead atoms. The van der Waals surface area contributed by atoms with Crippen LogP contribution in [0.4, 0.5) is 0 Å². The van der Waals surface area contributed by atoms with Crippen molar-refractivity contribution in [2.75, 3.05) is 13.7 Å². The molecule has 0 aromatic heterocycles. The van der Waals surface area contributed by atoms with Gasteiger partial charge in [-0.05, 0) is 55.0 Å². The van der Waals surface area contributed by atoms with E-state index in [2.05, 4.69) is 53.8 Å². The molecule has 1 aliphatic carbocycles. The number of rotatable bonds is 6. The molecule has 0 heterocycles. The van der Waals surface area contributed by atoms with Crippen molar-refractivity contribution in [3.05, 3.63) is 65.7 Å². The molecule has 0 radical (unpaired) electrons. The van der Waals surface area contributed by atoms with Crippen molar-refractivity contribution in [2.45, 2.75) is 31.2 Å². The van der Waals surface area contributed by atoms with Gasteiger partial charge in [0.05, 0.1) is 7.11 Å². The molecule has 2 aromatic rings. The highest BCUT2D eigenvalue weighted by molar-refractivity contribution is 5.32. The molecule has 0 amide bonds. The summed E-state index contributed by atoms with van der Waals surface area (Å²) >= 11 is 0. The molecule has 0 atom stereocenters. The van der Waals surface area contributed by atoms with Gasteiger partial charge >= 0.3 is 0 Å². The van der Waals surface area contributed by atoms with Crippen molar-refractivity contribution >= 4 is 0 Å². The predicted molar refractivity (Wildman–Crippen MR) is 86.9 cm³/mol. The molecular weight excluding hydrogens is 258 g/mol. The van der Waals surface area contributed by atoms with Crippen molar-refractivity contribution in [1.82, 2.24) is 5.32 Å². The summed E-state index contributed by atoms with van der Waals surface area (Å²) in [5.41, 5.74) is 2.82. The minimum atomic E-state index is 0.671. The number of benzene rings is 2. The zero-order valence-corrected chi connectivity index (χ0v) is 12.6. The Bertz CT molecular complexity index is 561. The lowest BCUT2D eigenvalue weighted by molar-refractivity contribution is 0.292. The molecular formula is C19H23NO. The summed E-state index contributed by atoms with van der Waals surface area (Å²) in [6.45, 7) is 1.07. The van der Waals surface area contributed by atoms with Crippen molar-refractivity contribution in [1.29, 1.82) is 0 Å². The van der Waals surface area contributed by atoms with Gasteiger partial charge in [-0.25, -0.2) is 0 Å². The smallest absolute Gasteiger partial charge is 0.119 e. The molecule has 110 valence electrons. The lowest BCUT2D eigenvalue weighted by Crippen LogP contribution is -2.40. The average Bonchev–Trinajstić information content (AvgIpc) is 2.50. The first-order valence-electron chi connectivity index (χ1n) is 7.76. The molecule has 1 fully saturated rings. The first-order valence-corrected chi connectivity index (χ1v) is 7.76. The Hall–Kier alpha value is -1.80. The second kappa shape index (κ2) is 6.77. The summed E-state index contributed by atoms with van der Waals surface area (Å²) in [5, 5.41) is 3.66. The summed E-state index contributed by atoms with van der Waals surface area (Å²) in [6.07, 6.45) is 3.59. The Morgan fingerprint density at radius 1 is 1.05 bits per heavy atom. The van der Waals surface area contributed by atoms with E-state index in [1.54, 1.807) is 7.11 Å². The Morgan fingerprint density at radius 2 is 1.86 bits per heavy atom. The molecule has 2 heteroatoms. The summed E-state index contributed by atoms with van der Waals surface area (Å²) < 4.78 is 5.30. The second-order valence-corrected chi connectivity index (χ2v) is 5.83. The first kappa shape index (κ1) is 14.2. The van der Waals surface area contributed by atoms with Crippen LogP contribution in [0.3, 0.4) is 0 Å². The van der Waals surface area contributed by atoms with Gasteiger partial charge in [0, 0.05) is 6.04 Å². The van der Waals surface area contributed by atoms with E-state index >= 15 is 0 Å². The van der Waals surface area contributed by atoms with Crippen LogP contribution in [0.25, 0.3) is 0 Å². The number of ether oxygens (including phenoxy) is 1. The van der Waals surface area contributed by atoms with E-state index in [4.69, 9.17) is 4.74 Å². The van der Waals surface area contributed by atoms with Gasteiger partial charge < -0.3 is 10.1 Å². The Balaban J connectivity index is 1.41. The van der Waals surface area contributed by atoms with Crippen molar-refractivity contribution < 1.29 is 4.74 Å². The van der Waals surface area contributed by atoms with Gasteiger partial charge in [0.1, 0.15) is 5.75 Å². The van der Waals surface area contributed by atoms with E-state index < -0.39 is 0 Å². The molecule has 21 heavy (non-hydrogen) atoms. The highest BCUT2D eigenvalue weighted by Gasteiger charge is 2.29. The van der Waals surface area contributed by atoms with E-state index in [0.717, 1.165) is 18.7 Å². The molecule has 2 aromatic carbocycles. The van der Waals surface area contributed by atoms with Crippen molar-refractivity contribution in [3.8, 4) is 5.75 Å². The van der Waals surface area contributed by atoms with E-state index in [0.29, 0.717) is 12.0 Å². The highest BCUT2D eigenvalue weighted by Crippen LogP contribution is 2.37. The van der Waals surface area contributed by atoms with Gasteiger partial charge in [-0.15, -0.1) is 0 Å². The quantitative estimate of drug-likeness (QED) is 0.870. The second-order valence-electron chi connectivity index (χ2n) is 5.83. The molecule has 0 saturated heterocycles. The maximum absolute atomic E-state index is 5.30. The monoisotopic (exact) mass is 281 g/mol. The van der Waals surface area contributed by atoms with Crippen LogP contribution in [0.1, 0.15) is 29.9 Å². The van der Waals surface area contributed by atoms with Crippen LogP contribution in [-0.2, 0) is 6.42 Å². The van der Waals surface area contributed by atoms with E-state index in [1.165, 1.54) is 24.0 Å². The third kappa shape index (κ3) is 3.64. The van der Waals surface area contributed by atoms with Gasteiger partial charge in [-0.3, -0.25) is 0 Å².